The Hall–Kier alpha value is -1.46. The van der Waals surface area contributed by atoms with E-state index < -0.39 is 0 Å². The van der Waals surface area contributed by atoms with Gasteiger partial charge in [-0.15, -0.1) is 0 Å². The van der Waals surface area contributed by atoms with E-state index in [9.17, 15) is 5.11 Å². The van der Waals surface area contributed by atoms with Crippen LogP contribution in [0.5, 0.6) is 17.2 Å². The number of ether oxygens (including phenoxy) is 4. The molecule has 0 unspecified atom stereocenters. The third-order valence-electron chi connectivity index (χ3n) is 3.79. The molecular weight excluding hydrogens is 260 g/mol. The minimum Gasteiger partial charge on any atom is -0.493 e. The lowest BCUT2D eigenvalue weighted by molar-refractivity contribution is 0.160. The summed E-state index contributed by atoms with van der Waals surface area (Å²) >= 11 is 0. The third kappa shape index (κ3) is 2.99. The minimum absolute atomic E-state index is 0.162. The summed E-state index contributed by atoms with van der Waals surface area (Å²) in [5.74, 6) is 2.43. The summed E-state index contributed by atoms with van der Waals surface area (Å²) in [4.78, 5) is 0. The topological polar surface area (TPSA) is 57.2 Å². The summed E-state index contributed by atoms with van der Waals surface area (Å²) in [6.45, 7) is 1.47. The maximum atomic E-state index is 9.35. The van der Waals surface area contributed by atoms with Crippen molar-refractivity contribution in [2.75, 3.05) is 41.2 Å². The van der Waals surface area contributed by atoms with Crippen molar-refractivity contribution in [3.8, 4) is 17.2 Å². The average Bonchev–Trinajstić information content (AvgIpc) is 2.93. The third-order valence-corrected chi connectivity index (χ3v) is 3.79. The van der Waals surface area contributed by atoms with Gasteiger partial charge in [0.25, 0.3) is 0 Å². The van der Waals surface area contributed by atoms with Crippen LogP contribution in [-0.2, 0) is 11.2 Å². The number of hydrogen-bond donors (Lipinski definition) is 1. The molecule has 5 heteroatoms. The standard InChI is InChI=1S/C15H22O5/c1-17-13-5-10(6-14(18-2)15(13)19-3)4-11-8-20-9-12(11)7-16/h5-6,11-12,16H,4,7-9H2,1-3H3/t11-,12-/m0/s1. The molecule has 1 heterocycles. The molecule has 1 aliphatic rings. The highest BCUT2D eigenvalue weighted by molar-refractivity contribution is 5.53. The van der Waals surface area contributed by atoms with Crippen molar-refractivity contribution in [2.45, 2.75) is 6.42 Å². The van der Waals surface area contributed by atoms with Crippen LogP contribution in [0, 0.1) is 11.8 Å². The summed E-state index contributed by atoms with van der Waals surface area (Å²) in [6, 6.07) is 3.90. The molecule has 1 aliphatic heterocycles. The van der Waals surface area contributed by atoms with Gasteiger partial charge >= 0.3 is 0 Å². The van der Waals surface area contributed by atoms with Gasteiger partial charge in [-0.25, -0.2) is 0 Å². The van der Waals surface area contributed by atoms with Gasteiger partial charge in [0.1, 0.15) is 0 Å². The van der Waals surface area contributed by atoms with Gasteiger partial charge in [-0.3, -0.25) is 0 Å². The molecule has 1 fully saturated rings. The molecule has 0 aliphatic carbocycles. The first-order chi connectivity index (χ1) is 9.73. The van der Waals surface area contributed by atoms with Crippen LogP contribution in [0.25, 0.3) is 0 Å². The molecule has 20 heavy (non-hydrogen) atoms. The minimum atomic E-state index is 0.162. The average molecular weight is 282 g/mol. The maximum absolute atomic E-state index is 9.35. The summed E-state index contributed by atoms with van der Waals surface area (Å²) in [5.41, 5.74) is 1.09. The number of benzene rings is 1. The molecular formula is C15H22O5. The Morgan fingerprint density at radius 2 is 1.65 bits per heavy atom. The van der Waals surface area contributed by atoms with Crippen LogP contribution in [0.3, 0.4) is 0 Å². The summed E-state index contributed by atoms with van der Waals surface area (Å²) < 4.78 is 21.5. The van der Waals surface area contributed by atoms with Gasteiger partial charge in [-0.05, 0) is 30.0 Å². The highest BCUT2D eigenvalue weighted by Gasteiger charge is 2.28. The Balaban J connectivity index is 2.23. The van der Waals surface area contributed by atoms with Crippen LogP contribution in [-0.4, -0.2) is 46.3 Å². The first-order valence-corrected chi connectivity index (χ1v) is 6.71. The van der Waals surface area contributed by atoms with Gasteiger partial charge in [0, 0.05) is 12.5 Å². The molecule has 0 radical (unpaired) electrons. The first kappa shape index (κ1) is 14.9. The van der Waals surface area contributed by atoms with Crippen LogP contribution in [0.2, 0.25) is 0 Å². The number of aliphatic hydroxyl groups is 1. The second-order valence-corrected chi connectivity index (χ2v) is 4.98. The monoisotopic (exact) mass is 282 g/mol. The largest absolute Gasteiger partial charge is 0.493 e. The molecule has 5 nitrogen and oxygen atoms in total. The zero-order valence-corrected chi connectivity index (χ0v) is 12.2. The molecule has 0 saturated carbocycles. The van der Waals surface area contributed by atoms with Crippen LogP contribution < -0.4 is 14.2 Å². The molecule has 1 aromatic rings. The van der Waals surface area contributed by atoms with E-state index in [2.05, 4.69) is 0 Å². The molecule has 0 aromatic heterocycles. The number of methoxy groups -OCH3 is 3. The SMILES string of the molecule is COc1cc(C[C@H]2COC[C@@H]2CO)cc(OC)c1OC. The van der Waals surface area contributed by atoms with Crippen LogP contribution in [0.15, 0.2) is 12.1 Å². The molecule has 1 saturated heterocycles. The fourth-order valence-electron chi connectivity index (χ4n) is 2.63. The van der Waals surface area contributed by atoms with E-state index in [1.54, 1.807) is 21.3 Å². The zero-order chi connectivity index (χ0) is 14.5. The Morgan fingerprint density at radius 1 is 1.05 bits per heavy atom. The molecule has 2 atom stereocenters. The van der Waals surface area contributed by atoms with E-state index in [1.165, 1.54) is 0 Å². The molecule has 0 bridgehead atoms. The van der Waals surface area contributed by atoms with Gasteiger partial charge < -0.3 is 24.1 Å². The van der Waals surface area contributed by atoms with E-state index in [0.717, 1.165) is 12.0 Å². The number of aliphatic hydroxyl groups excluding tert-OH is 1. The number of rotatable bonds is 6. The lowest BCUT2D eigenvalue weighted by atomic mass is 9.90. The zero-order valence-electron chi connectivity index (χ0n) is 12.2. The molecule has 0 amide bonds. The Kier molecular flexibility index (Phi) is 5.09. The number of hydrogen-bond acceptors (Lipinski definition) is 5. The molecule has 2 rings (SSSR count). The van der Waals surface area contributed by atoms with Crippen LogP contribution >= 0.6 is 0 Å². The van der Waals surface area contributed by atoms with Gasteiger partial charge in [-0.1, -0.05) is 0 Å². The van der Waals surface area contributed by atoms with E-state index >= 15 is 0 Å². The van der Waals surface area contributed by atoms with Crippen molar-refractivity contribution in [3.05, 3.63) is 17.7 Å². The van der Waals surface area contributed by atoms with E-state index in [1.807, 2.05) is 12.1 Å². The maximum Gasteiger partial charge on any atom is 0.203 e. The van der Waals surface area contributed by atoms with Crippen LogP contribution in [0.4, 0.5) is 0 Å². The summed E-state index contributed by atoms with van der Waals surface area (Å²) in [6.07, 6.45) is 0.821. The van der Waals surface area contributed by atoms with Crippen molar-refractivity contribution >= 4 is 0 Å². The second kappa shape index (κ2) is 6.81. The highest BCUT2D eigenvalue weighted by atomic mass is 16.5. The normalized spacial score (nSPS) is 21.8. The highest BCUT2D eigenvalue weighted by Crippen LogP contribution is 2.39. The molecule has 112 valence electrons. The first-order valence-electron chi connectivity index (χ1n) is 6.71. The predicted molar refractivity (Wildman–Crippen MR) is 74.7 cm³/mol. The second-order valence-electron chi connectivity index (χ2n) is 4.98. The molecule has 1 aromatic carbocycles. The van der Waals surface area contributed by atoms with Crippen molar-refractivity contribution < 1.29 is 24.1 Å². The summed E-state index contributed by atoms with van der Waals surface area (Å²) in [7, 11) is 4.80. The molecule has 1 N–H and O–H groups in total. The van der Waals surface area contributed by atoms with Crippen molar-refractivity contribution in [2.24, 2.45) is 11.8 Å². The van der Waals surface area contributed by atoms with Crippen molar-refractivity contribution in [1.29, 1.82) is 0 Å². The Bertz CT molecular complexity index is 421. The quantitative estimate of drug-likeness (QED) is 0.857. The fourth-order valence-corrected chi connectivity index (χ4v) is 2.63. The van der Waals surface area contributed by atoms with Gasteiger partial charge in [-0.2, -0.15) is 0 Å². The van der Waals surface area contributed by atoms with Gasteiger partial charge in [0.15, 0.2) is 11.5 Å². The van der Waals surface area contributed by atoms with E-state index in [-0.39, 0.29) is 12.5 Å². The van der Waals surface area contributed by atoms with Gasteiger partial charge in [0.05, 0.1) is 34.5 Å². The Labute approximate surface area is 119 Å². The van der Waals surface area contributed by atoms with Crippen molar-refractivity contribution in [3.63, 3.8) is 0 Å². The fraction of sp³-hybridized carbons (Fsp3) is 0.600. The summed E-state index contributed by atoms with van der Waals surface area (Å²) in [5, 5.41) is 9.35. The van der Waals surface area contributed by atoms with E-state index in [4.69, 9.17) is 18.9 Å². The van der Waals surface area contributed by atoms with Crippen LogP contribution in [0.1, 0.15) is 5.56 Å². The Morgan fingerprint density at radius 3 is 2.15 bits per heavy atom. The predicted octanol–water partition coefficient (Wildman–Crippen LogP) is 1.51. The smallest absolute Gasteiger partial charge is 0.203 e. The molecule has 0 spiro atoms. The van der Waals surface area contributed by atoms with E-state index in [0.29, 0.717) is 36.4 Å². The van der Waals surface area contributed by atoms with Gasteiger partial charge in [0.2, 0.25) is 5.75 Å². The lowest BCUT2D eigenvalue weighted by Crippen LogP contribution is -2.18. The lowest BCUT2D eigenvalue weighted by Gasteiger charge is -2.18. The van der Waals surface area contributed by atoms with Crippen molar-refractivity contribution in [1.82, 2.24) is 0 Å².